The number of carbonyl (C=O) groups is 2. The van der Waals surface area contributed by atoms with Crippen LogP contribution in [0.4, 0.5) is 5.82 Å². The van der Waals surface area contributed by atoms with Crippen LogP contribution < -0.4 is 5.32 Å². The minimum absolute atomic E-state index is 0.0208. The van der Waals surface area contributed by atoms with Crippen LogP contribution in [-0.4, -0.2) is 72.7 Å². The number of rotatable bonds is 8. The van der Waals surface area contributed by atoms with Crippen molar-refractivity contribution < 1.29 is 18.8 Å². The van der Waals surface area contributed by atoms with Gasteiger partial charge in [-0.15, -0.1) is 0 Å². The van der Waals surface area contributed by atoms with Crippen molar-refractivity contribution in [1.29, 1.82) is 0 Å². The number of aromatic nitrogens is 1. The van der Waals surface area contributed by atoms with E-state index >= 15 is 0 Å². The van der Waals surface area contributed by atoms with Gasteiger partial charge in [-0.25, -0.2) is 0 Å². The number of amides is 2. The second-order valence-corrected chi connectivity index (χ2v) is 6.15. The second-order valence-electron chi connectivity index (χ2n) is 6.15. The van der Waals surface area contributed by atoms with Crippen molar-refractivity contribution in [2.75, 3.05) is 51.3 Å². The number of nitrogens with zero attached hydrogens (tertiary/aromatic N) is 3. The molecule has 1 aromatic rings. The van der Waals surface area contributed by atoms with E-state index in [-0.39, 0.29) is 24.3 Å². The summed E-state index contributed by atoms with van der Waals surface area (Å²) in [4.78, 5) is 28.4. The lowest BCUT2D eigenvalue weighted by molar-refractivity contribution is -0.137. The maximum Gasteiger partial charge on any atom is 0.245 e. The summed E-state index contributed by atoms with van der Waals surface area (Å²) in [5.74, 6) is -0.0879. The van der Waals surface area contributed by atoms with Crippen molar-refractivity contribution in [2.45, 2.75) is 20.3 Å². The highest BCUT2D eigenvalue weighted by molar-refractivity contribution is 5.93. The molecule has 2 amide bonds. The fourth-order valence-corrected chi connectivity index (χ4v) is 2.57. The molecule has 0 spiro atoms. The Bertz CT molecular complexity index is 512. The Morgan fingerprint density at radius 2 is 2.12 bits per heavy atom. The van der Waals surface area contributed by atoms with E-state index in [2.05, 4.69) is 19.9 Å². The van der Waals surface area contributed by atoms with Gasteiger partial charge in [0.05, 0.1) is 19.8 Å². The molecule has 2 heterocycles. The molecule has 1 aliphatic heterocycles. The number of morpholine rings is 1. The molecule has 8 heteroatoms. The maximum absolute atomic E-state index is 12.3. The van der Waals surface area contributed by atoms with Crippen LogP contribution in [0, 0.1) is 5.92 Å². The number of ether oxygens (including phenoxy) is 1. The number of hydrogen-bond acceptors (Lipinski definition) is 6. The van der Waals surface area contributed by atoms with Crippen molar-refractivity contribution >= 4 is 17.6 Å². The summed E-state index contributed by atoms with van der Waals surface area (Å²) in [5, 5.41) is 6.26. The van der Waals surface area contributed by atoms with Gasteiger partial charge in [0.25, 0.3) is 0 Å². The van der Waals surface area contributed by atoms with Crippen molar-refractivity contribution in [2.24, 2.45) is 5.92 Å². The van der Waals surface area contributed by atoms with E-state index < -0.39 is 0 Å². The average Bonchev–Trinajstić information content (AvgIpc) is 3.07. The Kier molecular flexibility index (Phi) is 7.20. The van der Waals surface area contributed by atoms with Crippen molar-refractivity contribution in [1.82, 2.24) is 15.0 Å². The second kappa shape index (κ2) is 9.39. The molecule has 0 bridgehead atoms. The zero-order chi connectivity index (χ0) is 17.4. The first-order valence-electron chi connectivity index (χ1n) is 8.35. The Balaban J connectivity index is 1.82. The van der Waals surface area contributed by atoms with Gasteiger partial charge in [-0.1, -0.05) is 19.0 Å². The molecule has 1 N–H and O–H groups in total. The van der Waals surface area contributed by atoms with E-state index in [4.69, 9.17) is 4.74 Å². The molecule has 1 aliphatic rings. The van der Waals surface area contributed by atoms with Gasteiger partial charge in [0.1, 0.15) is 6.26 Å². The number of carbonyl (C=O) groups excluding carboxylic acids is 2. The first-order chi connectivity index (χ1) is 11.6. The summed E-state index contributed by atoms with van der Waals surface area (Å²) < 4.78 is 10.0. The average molecular weight is 338 g/mol. The van der Waals surface area contributed by atoms with Crippen LogP contribution in [0.1, 0.15) is 20.3 Å². The first-order valence-corrected chi connectivity index (χ1v) is 8.35. The van der Waals surface area contributed by atoms with Crippen LogP contribution in [0.25, 0.3) is 0 Å². The highest BCUT2D eigenvalue weighted by Gasteiger charge is 2.20. The molecule has 0 atom stereocenters. The zero-order valence-electron chi connectivity index (χ0n) is 14.4. The highest BCUT2D eigenvalue weighted by Crippen LogP contribution is 2.06. The molecule has 1 saturated heterocycles. The summed E-state index contributed by atoms with van der Waals surface area (Å²) in [7, 11) is 0. The third-order valence-electron chi connectivity index (χ3n) is 3.85. The van der Waals surface area contributed by atoms with Crippen LogP contribution in [0.3, 0.4) is 0 Å². The Hall–Kier alpha value is -1.93. The number of hydrogen-bond donors (Lipinski definition) is 1. The van der Waals surface area contributed by atoms with Gasteiger partial charge in [0, 0.05) is 38.2 Å². The lowest BCUT2D eigenvalue weighted by Gasteiger charge is -2.28. The summed E-state index contributed by atoms with van der Waals surface area (Å²) >= 11 is 0. The molecule has 0 aliphatic carbocycles. The van der Waals surface area contributed by atoms with Crippen LogP contribution in [0.5, 0.6) is 0 Å². The molecule has 0 aromatic carbocycles. The Morgan fingerprint density at radius 3 is 2.75 bits per heavy atom. The quantitative estimate of drug-likeness (QED) is 0.755. The smallest absolute Gasteiger partial charge is 0.245 e. The molecule has 24 heavy (non-hydrogen) atoms. The highest BCUT2D eigenvalue weighted by atomic mass is 16.5. The lowest BCUT2D eigenvalue weighted by atomic mass is 10.2. The predicted octanol–water partition coefficient (Wildman–Crippen LogP) is 0.820. The van der Waals surface area contributed by atoms with Crippen LogP contribution >= 0.6 is 0 Å². The topological polar surface area (TPSA) is 87.9 Å². The minimum Gasteiger partial charge on any atom is -0.379 e. The van der Waals surface area contributed by atoms with Gasteiger partial charge in [-0.3, -0.25) is 14.5 Å². The first kappa shape index (κ1) is 18.4. The van der Waals surface area contributed by atoms with Gasteiger partial charge in [0.2, 0.25) is 11.8 Å². The summed E-state index contributed by atoms with van der Waals surface area (Å²) in [5.41, 5.74) is 0. The van der Waals surface area contributed by atoms with Crippen molar-refractivity contribution in [3.63, 3.8) is 0 Å². The number of anilines is 1. The SMILES string of the molecule is CC(C)C(=O)N(CCCN1CCOCC1)CC(=O)Nc1ccon1. The molecular weight excluding hydrogens is 312 g/mol. The monoisotopic (exact) mass is 338 g/mol. The molecule has 2 rings (SSSR count). The van der Waals surface area contributed by atoms with Crippen LogP contribution in [0.2, 0.25) is 0 Å². The molecule has 1 aromatic heterocycles. The largest absolute Gasteiger partial charge is 0.379 e. The summed E-state index contributed by atoms with van der Waals surface area (Å²) in [6, 6.07) is 1.56. The third-order valence-corrected chi connectivity index (χ3v) is 3.85. The fourth-order valence-electron chi connectivity index (χ4n) is 2.57. The van der Waals surface area contributed by atoms with E-state index in [1.165, 1.54) is 6.26 Å². The van der Waals surface area contributed by atoms with Crippen LogP contribution in [0.15, 0.2) is 16.9 Å². The molecular formula is C16H26N4O4. The normalized spacial score (nSPS) is 15.5. The van der Waals surface area contributed by atoms with E-state index in [0.29, 0.717) is 12.4 Å². The Labute approximate surface area is 142 Å². The van der Waals surface area contributed by atoms with Crippen molar-refractivity contribution in [3.8, 4) is 0 Å². The standard InChI is InChI=1S/C16H26N4O4/c1-13(2)16(22)20(6-3-5-19-7-10-23-11-8-19)12-15(21)17-14-4-9-24-18-14/h4,9,13H,3,5-8,10-12H2,1-2H3,(H,17,18,21). The zero-order valence-corrected chi connectivity index (χ0v) is 14.4. The Morgan fingerprint density at radius 1 is 1.38 bits per heavy atom. The fraction of sp³-hybridized carbons (Fsp3) is 0.688. The van der Waals surface area contributed by atoms with E-state index in [1.807, 2.05) is 13.8 Å². The lowest BCUT2D eigenvalue weighted by Crippen LogP contribution is -2.42. The van der Waals surface area contributed by atoms with E-state index in [9.17, 15) is 9.59 Å². The van der Waals surface area contributed by atoms with E-state index in [0.717, 1.165) is 39.3 Å². The van der Waals surface area contributed by atoms with Crippen LogP contribution in [-0.2, 0) is 14.3 Å². The summed E-state index contributed by atoms with van der Waals surface area (Å²) in [6.45, 7) is 8.52. The molecule has 134 valence electrons. The minimum atomic E-state index is -0.274. The molecule has 0 unspecified atom stereocenters. The predicted molar refractivity (Wildman–Crippen MR) is 88.4 cm³/mol. The molecule has 8 nitrogen and oxygen atoms in total. The van der Waals surface area contributed by atoms with E-state index in [1.54, 1.807) is 11.0 Å². The van der Waals surface area contributed by atoms with Gasteiger partial charge in [-0.05, 0) is 6.42 Å². The molecule has 0 radical (unpaired) electrons. The van der Waals surface area contributed by atoms with Gasteiger partial charge in [-0.2, -0.15) is 0 Å². The molecule has 0 saturated carbocycles. The third kappa shape index (κ3) is 5.93. The number of nitrogens with one attached hydrogen (secondary N) is 1. The van der Waals surface area contributed by atoms with Gasteiger partial charge < -0.3 is 19.5 Å². The summed E-state index contributed by atoms with van der Waals surface area (Å²) in [6.07, 6.45) is 2.21. The van der Waals surface area contributed by atoms with Gasteiger partial charge >= 0.3 is 0 Å². The van der Waals surface area contributed by atoms with Gasteiger partial charge in [0.15, 0.2) is 5.82 Å². The maximum atomic E-state index is 12.3. The molecule has 1 fully saturated rings. The van der Waals surface area contributed by atoms with Crippen molar-refractivity contribution in [3.05, 3.63) is 12.3 Å².